The lowest BCUT2D eigenvalue weighted by atomic mass is 10.2. The molecule has 5 rings (SSSR count). The number of hydrogen-bond donors (Lipinski definition) is 0. The third kappa shape index (κ3) is 5.31. The fourth-order valence-electron chi connectivity index (χ4n) is 4.52. The van der Waals surface area contributed by atoms with E-state index in [9.17, 15) is 4.79 Å². The SMILES string of the molecule is Cc1ccc(-n2c(SC(C)C(=O)N3CCN(c4ccccc4)CC3)nnc2N2CCOCC2)cc1. The molecule has 35 heavy (non-hydrogen) atoms. The van der Waals surface area contributed by atoms with Crippen molar-refractivity contribution in [2.75, 3.05) is 62.3 Å². The van der Waals surface area contributed by atoms with Gasteiger partial charge in [0.25, 0.3) is 0 Å². The maximum atomic E-state index is 13.3. The number of para-hydroxylation sites is 1. The molecule has 0 bridgehead atoms. The summed E-state index contributed by atoms with van der Waals surface area (Å²) in [6.07, 6.45) is 0. The van der Waals surface area contributed by atoms with Gasteiger partial charge in [-0.3, -0.25) is 9.36 Å². The zero-order valence-electron chi connectivity index (χ0n) is 20.3. The van der Waals surface area contributed by atoms with E-state index in [0.717, 1.165) is 56.1 Å². The van der Waals surface area contributed by atoms with E-state index in [1.807, 2.05) is 17.9 Å². The van der Waals surface area contributed by atoms with Crippen LogP contribution in [0, 0.1) is 6.92 Å². The maximum Gasteiger partial charge on any atom is 0.236 e. The van der Waals surface area contributed by atoms with Gasteiger partial charge >= 0.3 is 0 Å². The number of anilines is 2. The molecule has 2 aliphatic rings. The highest BCUT2D eigenvalue weighted by Crippen LogP contribution is 2.31. The van der Waals surface area contributed by atoms with Crippen LogP contribution in [0.4, 0.5) is 11.6 Å². The summed E-state index contributed by atoms with van der Waals surface area (Å²) in [5.74, 6) is 0.949. The van der Waals surface area contributed by atoms with E-state index in [0.29, 0.717) is 13.2 Å². The first-order chi connectivity index (χ1) is 17.1. The fourth-order valence-corrected chi connectivity index (χ4v) is 5.46. The Hall–Kier alpha value is -3.04. The molecule has 0 aliphatic carbocycles. The first-order valence-electron chi connectivity index (χ1n) is 12.2. The summed E-state index contributed by atoms with van der Waals surface area (Å²) < 4.78 is 7.61. The number of piperazine rings is 1. The van der Waals surface area contributed by atoms with Gasteiger partial charge < -0.3 is 19.4 Å². The van der Waals surface area contributed by atoms with E-state index < -0.39 is 0 Å². The Morgan fingerprint density at radius 1 is 0.857 bits per heavy atom. The number of morpholine rings is 1. The Bertz CT molecular complexity index is 1120. The van der Waals surface area contributed by atoms with Gasteiger partial charge in [-0.15, -0.1) is 10.2 Å². The summed E-state index contributed by atoms with van der Waals surface area (Å²) >= 11 is 1.48. The summed E-state index contributed by atoms with van der Waals surface area (Å²) in [5.41, 5.74) is 3.41. The van der Waals surface area contributed by atoms with Crippen LogP contribution in [0.25, 0.3) is 5.69 Å². The number of carbonyl (C=O) groups excluding carboxylic acids is 1. The average molecular weight is 493 g/mol. The zero-order valence-corrected chi connectivity index (χ0v) is 21.2. The predicted molar refractivity (Wildman–Crippen MR) is 140 cm³/mol. The Kier molecular flexibility index (Phi) is 7.24. The van der Waals surface area contributed by atoms with E-state index in [1.165, 1.54) is 23.0 Å². The van der Waals surface area contributed by atoms with Gasteiger partial charge in [-0.1, -0.05) is 47.7 Å². The molecular weight excluding hydrogens is 460 g/mol. The quantitative estimate of drug-likeness (QED) is 0.490. The van der Waals surface area contributed by atoms with Crippen molar-refractivity contribution in [3.05, 3.63) is 60.2 Å². The highest BCUT2D eigenvalue weighted by atomic mass is 32.2. The van der Waals surface area contributed by atoms with E-state index in [-0.39, 0.29) is 11.2 Å². The van der Waals surface area contributed by atoms with Crippen LogP contribution in [0.2, 0.25) is 0 Å². The number of thioether (sulfide) groups is 1. The molecule has 0 N–H and O–H groups in total. The summed E-state index contributed by atoms with van der Waals surface area (Å²) in [6.45, 7) is 10.1. The lowest BCUT2D eigenvalue weighted by Crippen LogP contribution is -2.50. The van der Waals surface area contributed by atoms with E-state index in [2.05, 4.69) is 80.0 Å². The van der Waals surface area contributed by atoms with Crippen LogP contribution in [-0.2, 0) is 9.53 Å². The second-order valence-electron chi connectivity index (χ2n) is 8.96. The number of rotatable bonds is 6. The topological polar surface area (TPSA) is 66.7 Å². The van der Waals surface area contributed by atoms with Crippen LogP contribution < -0.4 is 9.80 Å². The molecule has 1 atom stereocenters. The molecule has 0 radical (unpaired) electrons. The van der Waals surface area contributed by atoms with Crippen LogP contribution in [0.5, 0.6) is 0 Å². The van der Waals surface area contributed by atoms with Gasteiger partial charge in [-0.2, -0.15) is 0 Å². The molecule has 0 spiro atoms. The maximum absolute atomic E-state index is 13.3. The monoisotopic (exact) mass is 492 g/mol. The third-order valence-corrected chi connectivity index (χ3v) is 7.58. The Balaban J connectivity index is 1.30. The van der Waals surface area contributed by atoms with Crippen molar-refractivity contribution in [2.45, 2.75) is 24.3 Å². The van der Waals surface area contributed by atoms with Gasteiger partial charge in [-0.25, -0.2) is 0 Å². The van der Waals surface area contributed by atoms with E-state index in [1.54, 1.807) is 0 Å². The van der Waals surface area contributed by atoms with Crippen molar-refractivity contribution in [3.63, 3.8) is 0 Å². The molecule has 3 heterocycles. The number of benzene rings is 2. The number of aromatic nitrogens is 3. The smallest absolute Gasteiger partial charge is 0.236 e. The van der Waals surface area contributed by atoms with Crippen molar-refractivity contribution >= 4 is 29.3 Å². The average Bonchev–Trinajstić information content (AvgIpc) is 3.33. The number of aryl methyl sites for hydroxylation is 1. The predicted octanol–water partition coefficient (Wildman–Crippen LogP) is 3.24. The summed E-state index contributed by atoms with van der Waals surface area (Å²) in [5, 5.41) is 9.54. The Morgan fingerprint density at radius 2 is 1.54 bits per heavy atom. The van der Waals surface area contributed by atoms with Gasteiger partial charge in [0.05, 0.1) is 24.2 Å². The Morgan fingerprint density at radius 3 is 2.23 bits per heavy atom. The molecule has 9 heteroatoms. The number of nitrogens with zero attached hydrogens (tertiary/aromatic N) is 6. The summed E-state index contributed by atoms with van der Waals surface area (Å²) in [7, 11) is 0. The molecule has 3 aromatic rings. The standard InChI is InChI=1S/C26H32N6O2S/c1-20-8-10-23(11-9-20)32-25(31-16-18-34-19-17-31)27-28-26(32)35-21(2)24(33)30-14-12-29(13-15-30)22-6-4-3-5-7-22/h3-11,21H,12-19H2,1-2H3. The van der Waals surface area contributed by atoms with Gasteiger partial charge in [0.2, 0.25) is 11.9 Å². The van der Waals surface area contributed by atoms with Crippen LogP contribution in [-0.4, -0.2) is 83.3 Å². The minimum atomic E-state index is -0.260. The molecule has 2 fully saturated rings. The molecule has 1 unspecified atom stereocenters. The van der Waals surface area contributed by atoms with Crippen LogP contribution >= 0.6 is 11.8 Å². The molecule has 1 aromatic heterocycles. The van der Waals surface area contributed by atoms with Crippen LogP contribution in [0.3, 0.4) is 0 Å². The minimum Gasteiger partial charge on any atom is -0.378 e. The largest absolute Gasteiger partial charge is 0.378 e. The van der Waals surface area contributed by atoms with Gasteiger partial charge in [0.1, 0.15) is 0 Å². The van der Waals surface area contributed by atoms with Crippen molar-refractivity contribution in [3.8, 4) is 5.69 Å². The molecule has 2 aliphatic heterocycles. The van der Waals surface area contributed by atoms with Crippen molar-refractivity contribution in [1.82, 2.24) is 19.7 Å². The number of carbonyl (C=O) groups is 1. The molecule has 1 amide bonds. The second-order valence-corrected chi connectivity index (χ2v) is 10.3. The van der Waals surface area contributed by atoms with Crippen molar-refractivity contribution < 1.29 is 9.53 Å². The highest BCUT2D eigenvalue weighted by Gasteiger charge is 2.29. The molecular formula is C26H32N6O2S. The van der Waals surface area contributed by atoms with E-state index >= 15 is 0 Å². The van der Waals surface area contributed by atoms with Crippen molar-refractivity contribution in [2.24, 2.45) is 0 Å². The minimum absolute atomic E-state index is 0.147. The van der Waals surface area contributed by atoms with E-state index in [4.69, 9.17) is 4.74 Å². The molecule has 184 valence electrons. The van der Waals surface area contributed by atoms with Crippen LogP contribution in [0.1, 0.15) is 12.5 Å². The first kappa shape index (κ1) is 23.7. The fraction of sp³-hybridized carbons (Fsp3) is 0.423. The highest BCUT2D eigenvalue weighted by molar-refractivity contribution is 8.00. The van der Waals surface area contributed by atoms with Crippen LogP contribution in [0.15, 0.2) is 59.8 Å². The lowest BCUT2D eigenvalue weighted by Gasteiger charge is -2.37. The van der Waals surface area contributed by atoms with Gasteiger partial charge in [0, 0.05) is 45.0 Å². The number of ether oxygens (including phenoxy) is 1. The molecule has 8 nitrogen and oxygen atoms in total. The summed E-state index contributed by atoms with van der Waals surface area (Å²) in [4.78, 5) is 19.9. The van der Waals surface area contributed by atoms with Crippen molar-refractivity contribution in [1.29, 1.82) is 0 Å². The lowest BCUT2D eigenvalue weighted by molar-refractivity contribution is -0.130. The summed E-state index contributed by atoms with van der Waals surface area (Å²) in [6, 6.07) is 18.7. The molecule has 0 saturated carbocycles. The normalized spacial score (nSPS) is 17.5. The Labute approximate surface area is 210 Å². The molecule has 2 aromatic carbocycles. The second kappa shape index (κ2) is 10.7. The first-order valence-corrected chi connectivity index (χ1v) is 13.1. The number of amides is 1. The van der Waals surface area contributed by atoms with Gasteiger partial charge in [0.15, 0.2) is 5.16 Å². The number of hydrogen-bond acceptors (Lipinski definition) is 7. The zero-order chi connectivity index (χ0) is 24.2. The molecule has 2 saturated heterocycles. The third-order valence-electron chi connectivity index (χ3n) is 6.55. The van der Waals surface area contributed by atoms with Gasteiger partial charge in [-0.05, 0) is 38.1 Å².